The van der Waals surface area contributed by atoms with Gasteiger partial charge in [0.15, 0.2) is 18.7 Å². The van der Waals surface area contributed by atoms with E-state index in [1.165, 1.54) is 14.0 Å². The maximum atomic E-state index is 14.5. The Morgan fingerprint density at radius 1 is 0.984 bits per heavy atom. The number of aliphatic hydroxyl groups excluding tert-OH is 1. The predicted octanol–water partition coefficient (Wildman–Crippen LogP) is 3.24. The van der Waals surface area contributed by atoms with E-state index < -0.39 is 95.5 Å². The number of amidine groups is 1. The lowest BCUT2D eigenvalue weighted by atomic mass is 9.75. The lowest BCUT2D eigenvalue weighted by molar-refractivity contribution is -0.335. The van der Waals surface area contributed by atoms with Crippen LogP contribution in [0.1, 0.15) is 94.9 Å². The fourth-order valence-corrected chi connectivity index (χ4v) is 10.1. The van der Waals surface area contributed by atoms with Gasteiger partial charge in [-0.15, -0.1) is 0 Å². The van der Waals surface area contributed by atoms with Gasteiger partial charge in [-0.1, -0.05) is 39.0 Å². The number of methoxy groups -OCH3 is 1. The van der Waals surface area contributed by atoms with E-state index in [1.807, 2.05) is 63.1 Å². The number of nitrogens with one attached hydrogen (secondary N) is 2. The number of fused-ring (bicyclic) bond motifs is 1. The average Bonchev–Trinajstić information content (AvgIpc) is 3.51. The van der Waals surface area contributed by atoms with Crippen LogP contribution >= 0.6 is 0 Å². The van der Waals surface area contributed by atoms with E-state index in [-0.39, 0.29) is 43.9 Å². The van der Waals surface area contributed by atoms with E-state index in [0.717, 1.165) is 5.69 Å². The van der Waals surface area contributed by atoms with Crippen molar-refractivity contribution in [3.8, 4) is 0 Å². The fraction of sp³-hybridized carbons (Fsp3) is 0.822. The third kappa shape index (κ3) is 10.4. The Bertz CT molecular complexity index is 1620. The highest BCUT2D eigenvalue weighted by atomic mass is 16.7. The van der Waals surface area contributed by atoms with Gasteiger partial charge in [0.2, 0.25) is 0 Å². The van der Waals surface area contributed by atoms with Gasteiger partial charge in [-0.2, -0.15) is 4.99 Å². The van der Waals surface area contributed by atoms with E-state index in [2.05, 4.69) is 10.6 Å². The summed E-state index contributed by atoms with van der Waals surface area (Å²) in [5, 5.41) is 54.3. The molecule has 16 heteroatoms. The van der Waals surface area contributed by atoms with Gasteiger partial charge in [0.05, 0.1) is 47.7 Å². The first kappa shape index (κ1) is 49.5. The third-order valence-corrected chi connectivity index (χ3v) is 14.0. The van der Waals surface area contributed by atoms with E-state index in [4.69, 9.17) is 38.2 Å². The molecular weight excluding hydrogens is 789 g/mol. The van der Waals surface area contributed by atoms with Crippen LogP contribution < -0.4 is 10.6 Å². The first-order valence-corrected chi connectivity index (χ1v) is 22.2. The number of nitrogens with zero attached hydrogens (tertiary/aromatic N) is 2. The number of ether oxygens (including phenoxy) is 7. The number of likely N-dealkylation sites (N-methyl/N-ethyl adjacent to an activating group) is 2. The van der Waals surface area contributed by atoms with E-state index >= 15 is 0 Å². The highest BCUT2D eigenvalue weighted by molar-refractivity contribution is 5.79. The number of esters is 1. The highest BCUT2D eigenvalue weighted by Gasteiger charge is 2.59. The van der Waals surface area contributed by atoms with Gasteiger partial charge >= 0.3 is 5.97 Å². The van der Waals surface area contributed by atoms with Crippen molar-refractivity contribution in [3.05, 3.63) is 30.3 Å². The summed E-state index contributed by atoms with van der Waals surface area (Å²) in [7, 11) is 5.21. The van der Waals surface area contributed by atoms with Crippen LogP contribution in [0.4, 0.5) is 5.69 Å². The van der Waals surface area contributed by atoms with Crippen LogP contribution in [0.3, 0.4) is 0 Å². The molecule has 0 spiro atoms. The number of cyclic esters (lactones) is 1. The number of aliphatic imine (C=N–C) groups is 1. The number of benzene rings is 1. The number of carbonyl (C=O) groups is 1. The van der Waals surface area contributed by atoms with Crippen LogP contribution in [-0.2, 0) is 38.0 Å². The van der Waals surface area contributed by atoms with Gasteiger partial charge < -0.3 is 69.1 Å². The first-order chi connectivity index (χ1) is 28.5. The van der Waals surface area contributed by atoms with Crippen molar-refractivity contribution in [3.63, 3.8) is 0 Å². The van der Waals surface area contributed by atoms with Crippen LogP contribution in [0.2, 0.25) is 0 Å². The van der Waals surface area contributed by atoms with Gasteiger partial charge in [-0.3, -0.25) is 4.79 Å². The standard InChI is InChI=1S/C45H76N4O12/c1-14-33-44(10,53)37(50)29(6)47-23-25(2)21-42(8,52)38(61-40-36-32(20-26(3)56-40)49(12)41(60-36)48-31-18-16-15-17-19-31)27(4)35(28(5)39(51)58-33)59-34-22-43(9,55-13)45(54,24-46-11)30(7)57-34/h15-19,25-30,32-38,40,46-47,50,52-54H,14,20-24H2,1-13H3/t25-,26-,27+,28-,29-,30+,32+,33-,34+,35+,36-,37-,38-,40+,42-,43-,44-,45+/m1/s1. The number of aliphatic hydroxyl groups is 4. The maximum absolute atomic E-state index is 14.5. The van der Waals surface area contributed by atoms with Crippen LogP contribution in [-0.4, -0.2) is 161 Å². The molecule has 0 amide bonds. The Balaban J connectivity index is 1.58. The lowest BCUT2D eigenvalue weighted by Crippen LogP contribution is -2.69. The van der Waals surface area contributed by atoms with E-state index in [1.54, 1.807) is 48.6 Å². The van der Waals surface area contributed by atoms with Crippen molar-refractivity contribution >= 4 is 17.7 Å². The molecular formula is C45H76N4O12. The van der Waals surface area contributed by atoms with Gasteiger partial charge in [0, 0.05) is 39.1 Å². The molecule has 4 heterocycles. The second-order valence-corrected chi connectivity index (χ2v) is 19.0. The van der Waals surface area contributed by atoms with Crippen LogP contribution in [0.15, 0.2) is 35.3 Å². The zero-order chi connectivity index (χ0) is 45.2. The summed E-state index contributed by atoms with van der Waals surface area (Å²) < 4.78 is 45.6. The molecule has 18 atom stereocenters. The molecule has 0 unspecified atom stereocenters. The molecule has 4 aliphatic rings. The minimum absolute atomic E-state index is 0.0920. The Morgan fingerprint density at radius 2 is 1.66 bits per heavy atom. The second kappa shape index (κ2) is 19.7. The SMILES string of the molecule is CC[C@H]1OC(=O)[C@H](C)[C@@H](O[C@H]2C[C@@](C)(OC)[C@](O)(CNC)[C@H](C)O2)[C@H](C)[C@@H](O[C@@H]2O[C@H](C)C[C@H]3[C@H]2OC(=Nc2ccccc2)N3C)[C@](C)(O)C[C@@H](C)CN[C@H](C)[C@@H](O)[C@]1(C)O. The van der Waals surface area contributed by atoms with Gasteiger partial charge in [-0.05, 0) is 99.4 Å². The maximum Gasteiger partial charge on any atom is 0.311 e. The zero-order valence-corrected chi connectivity index (χ0v) is 38.7. The molecule has 16 nitrogen and oxygen atoms in total. The number of para-hydroxylation sites is 1. The van der Waals surface area contributed by atoms with Crippen molar-refractivity contribution in [2.45, 2.75) is 185 Å². The van der Waals surface area contributed by atoms with Crippen LogP contribution in [0.25, 0.3) is 0 Å². The molecule has 4 aliphatic heterocycles. The molecule has 0 aliphatic carbocycles. The minimum atomic E-state index is -1.82. The average molecular weight is 865 g/mol. The Kier molecular flexibility index (Phi) is 16.0. The normalized spacial score (nSPS) is 46.3. The topological polar surface area (TPSA) is 202 Å². The molecule has 0 bridgehead atoms. The number of carbonyl (C=O) groups excluding carboxylic acids is 1. The summed E-state index contributed by atoms with van der Waals surface area (Å²) in [5.74, 6) is -2.63. The van der Waals surface area contributed by atoms with Gasteiger partial charge in [0.1, 0.15) is 29.0 Å². The Hall–Kier alpha value is -2.48. The van der Waals surface area contributed by atoms with Crippen molar-refractivity contribution in [2.24, 2.45) is 22.7 Å². The molecule has 4 saturated heterocycles. The summed E-state index contributed by atoms with van der Waals surface area (Å²) in [6, 6.07) is 9.21. The Morgan fingerprint density at radius 3 is 2.28 bits per heavy atom. The monoisotopic (exact) mass is 865 g/mol. The fourth-order valence-electron chi connectivity index (χ4n) is 10.1. The molecule has 4 fully saturated rings. The van der Waals surface area contributed by atoms with Crippen molar-refractivity contribution in [1.82, 2.24) is 15.5 Å². The van der Waals surface area contributed by atoms with E-state index in [9.17, 15) is 25.2 Å². The quantitative estimate of drug-likeness (QED) is 0.198. The largest absolute Gasteiger partial charge is 0.459 e. The highest BCUT2D eigenvalue weighted by Crippen LogP contribution is 2.44. The smallest absolute Gasteiger partial charge is 0.311 e. The Labute approximate surface area is 363 Å². The van der Waals surface area contributed by atoms with Crippen molar-refractivity contribution in [1.29, 1.82) is 0 Å². The summed E-state index contributed by atoms with van der Waals surface area (Å²) >= 11 is 0. The number of rotatable bonds is 9. The molecule has 0 radical (unpaired) electrons. The molecule has 0 saturated carbocycles. The summed E-state index contributed by atoms with van der Waals surface area (Å²) in [5.41, 5.74) is -5.22. The van der Waals surface area contributed by atoms with Crippen LogP contribution in [0, 0.1) is 17.8 Å². The molecule has 1 aromatic rings. The van der Waals surface area contributed by atoms with Gasteiger partial charge in [0.25, 0.3) is 6.02 Å². The molecule has 61 heavy (non-hydrogen) atoms. The van der Waals surface area contributed by atoms with Crippen molar-refractivity contribution < 1.29 is 58.4 Å². The lowest BCUT2D eigenvalue weighted by Gasteiger charge is -2.53. The predicted molar refractivity (Wildman–Crippen MR) is 229 cm³/mol. The minimum Gasteiger partial charge on any atom is -0.459 e. The number of hydrogen-bond acceptors (Lipinski definition) is 15. The molecule has 5 rings (SSSR count). The summed E-state index contributed by atoms with van der Waals surface area (Å²) in [6.45, 7) is 18.3. The first-order valence-electron chi connectivity index (χ1n) is 22.2. The van der Waals surface area contributed by atoms with Gasteiger partial charge in [-0.25, -0.2) is 0 Å². The molecule has 0 aromatic heterocycles. The number of hydrogen-bond donors (Lipinski definition) is 6. The van der Waals surface area contributed by atoms with E-state index in [0.29, 0.717) is 19.0 Å². The van der Waals surface area contributed by atoms with Crippen molar-refractivity contribution in [2.75, 3.05) is 34.3 Å². The third-order valence-electron chi connectivity index (χ3n) is 14.0. The van der Waals surface area contributed by atoms with Crippen LogP contribution in [0.5, 0.6) is 0 Å². The molecule has 1 aromatic carbocycles. The second-order valence-electron chi connectivity index (χ2n) is 19.0. The molecule has 348 valence electrons. The summed E-state index contributed by atoms with van der Waals surface area (Å²) in [4.78, 5) is 21.3. The summed E-state index contributed by atoms with van der Waals surface area (Å²) in [6.07, 6.45) is -6.86. The molecule has 6 N–H and O–H groups in total. The zero-order valence-electron chi connectivity index (χ0n) is 38.7.